The standard InChI is InChI=1S/C13H19N/c1-2-3-4-5-6-7-8-9-10-11-12-13-14/h3-4,6-7,10-11H,2,5,8-9,12H2,1H3/b4-3+,7-6+,11-10+. The molecule has 76 valence electrons. The van der Waals surface area contributed by atoms with E-state index in [1.54, 1.807) is 0 Å². The molecule has 0 bridgehead atoms. The van der Waals surface area contributed by atoms with Crippen molar-refractivity contribution in [3.8, 4) is 6.07 Å². The van der Waals surface area contributed by atoms with Gasteiger partial charge in [-0.15, -0.1) is 0 Å². The molecule has 1 heteroatoms. The van der Waals surface area contributed by atoms with Crippen LogP contribution in [0.25, 0.3) is 0 Å². The molecule has 0 saturated carbocycles. The second kappa shape index (κ2) is 11.7. The number of unbranched alkanes of at least 4 members (excludes halogenated alkanes) is 1. The quantitative estimate of drug-likeness (QED) is 0.436. The highest BCUT2D eigenvalue weighted by molar-refractivity contribution is 4.95. The fourth-order valence-electron chi connectivity index (χ4n) is 1.00. The summed E-state index contributed by atoms with van der Waals surface area (Å²) in [5.74, 6) is 0. The second-order valence-corrected chi connectivity index (χ2v) is 3.00. The third-order valence-electron chi connectivity index (χ3n) is 1.72. The molecule has 0 N–H and O–H groups in total. The predicted octanol–water partition coefficient (Wildman–Crippen LogP) is 4.15. The van der Waals surface area contributed by atoms with Crippen LogP contribution in [0.2, 0.25) is 0 Å². The van der Waals surface area contributed by atoms with E-state index in [2.05, 4.69) is 43.4 Å². The maximum absolute atomic E-state index is 8.27. The molecule has 14 heavy (non-hydrogen) atoms. The van der Waals surface area contributed by atoms with Crippen LogP contribution in [0.3, 0.4) is 0 Å². The van der Waals surface area contributed by atoms with Gasteiger partial charge in [0.25, 0.3) is 0 Å². The van der Waals surface area contributed by atoms with Crippen LogP contribution in [0.4, 0.5) is 0 Å². The lowest BCUT2D eigenvalue weighted by Gasteiger charge is -1.85. The van der Waals surface area contributed by atoms with Gasteiger partial charge in [-0.05, 0) is 25.7 Å². The van der Waals surface area contributed by atoms with E-state index in [0.29, 0.717) is 6.42 Å². The Balaban J connectivity index is 3.27. The molecule has 0 heterocycles. The van der Waals surface area contributed by atoms with Gasteiger partial charge in [-0.1, -0.05) is 43.4 Å². The fraction of sp³-hybridized carbons (Fsp3) is 0.462. The molecule has 0 unspecified atom stereocenters. The van der Waals surface area contributed by atoms with E-state index in [-0.39, 0.29) is 0 Å². The molecule has 0 aliphatic rings. The molecule has 0 radical (unpaired) electrons. The molecule has 0 rings (SSSR count). The summed E-state index contributed by atoms with van der Waals surface area (Å²) in [6, 6.07) is 2.08. The number of allylic oxidation sites excluding steroid dienone is 6. The highest BCUT2D eigenvalue weighted by Crippen LogP contribution is 1.96. The maximum Gasteiger partial charge on any atom is 0.0663 e. The number of nitrogens with zero attached hydrogens (tertiary/aromatic N) is 1. The van der Waals surface area contributed by atoms with Crippen molar-refractivity contribution in [1.82, 2.24) is 0 Å². The first-order valence-electron chi connectivity index (χ1n) is 5.23. The zero-order valence-corrected chi connectivity index (χ0v) is 8.95. The highest BCUT2D eigenvalue weighted by Gasteiger charge is 1.76. The van der Waals surface area contributed by atoms with Crippen molar-refractivity contribution in [1.29, 1.82) is 5.26 Å². The zero-order valence-electron chi connectivity index (χ0n) is 8.95. The van der Waals surface area contributed by atoms with Crippen molar-refractivity contribution in [2.24, 2.45) is 0 Å². The molecular weight excluding hydrogens is 170 g/mol. The van der Waals surface area contributed by atoms with Crippen molar-refractivity contribution >= 4 is 0 Å². The molecule has 0 amide bonds. The topological polar surface area (TPSA) is 23.8 Å². The molecule has 0 fully saturated rings. The molecular formula is C13H19N. The summed E-state index contributed by atoms with van der Waals surface area (Å²) in [5, 5.41) is 8.27. The summed E-state index contributed by atoms with van der Waals surface area (Å²) in [5.41, 5.74) is 0. The Kier molecular flexibility index (Phi) is 10.6. The Bertz CT molecular complexity index is 228. The Morgan fingerprint density at radius 2 is 1.57 bits per heavy atom. The summed E-state index contributed by atoms with van der Waals surface area (Å²) in [4.78, 5) is 0. The van der Waals surface area contributed by atoms with Gasteiger partial charge in [-0.3, -0.25) is 0 Å². The Morgan fingerprint density at radius 3 is 2.21 bits per heavy atom. The van der Waals surface area contributed by atoms with Crippen LogP contribution in [0.15, 0.2) is 36.5 Å². The van der Waals surface area contributed by atoms with Crippen LogP contribution in [0.5, 0.6) is 0 Å². The van der Waals surface area contributed by atoms with Crippen molar-refractivity contribution < 1.29 is 0 Å². The normalized spacial score (nSPS) is 11.7. The van der Waals surface area contributed by atoms with Gasteiger partial charge in [0.1, 0.15) is 0 Å². The van der Waals surface area contributed by atoms with Crippen LogP contribution >= 0.6 is 0 Å². The lowest BCUT2D eigenvalue weighted by molar-refractivity contribution is 1.04. The molecule has 0 atom stereocenters. The molecule has 0 aliphatic heterocycles. The SMILES string of the molecule is CC/C=C/C/C=C/CC/C=C/CC#N. The number of nitriles is 1. The molecule has 0 spiro atoms. The van der Waals surface area contributed by atoms with Crippen molar-refractivity contribution in [3.63, 3.8) is 0 Å². The van der Waals surface area contributed by atoms with Crippen LogP contribution in [0, 0.1) is 11.3 Å². The van der Waals surface area contributed by atoms with E-state index in [9.17, 15) is 0 Å². The van der Waals surface area contributed by atoms with Crippen molar-refractivity contribution in [2.45, 2.75) is 39.0 Å². The van der Waals surface area contributed by atoms with Crippen molar-refractivity contribution in [2.75, 3.05) is 0 Å². The summed E-state index contributed by atoms with van der Waals surface area (Å²) < 4.78 is 0. The fourth-order valence-corrected chi connectivity index (χ4v) is 1.00. The average molecular weight is 189 g/mol. The number of hydrogen-bond acceptors (Lipinski definition) is 1. The van der Waals surface area contributed by atoms with Crippen molar-refractivity contribution in [3.05, 3.63) is 36.5 Å². The summed E-state index contributed by atoms with van der Waals surface area (Å²) in [7, 11) is 0. The molecule has 0 aromatic heterocycles. The lowest BCUT2D eigenvalue weighted by atomic mass is 10.2. The van der Waals surface area contributed by atoms with Crippen LogP contribution < -0.4 is 0 Å². The summed E-state index contributed by atoms with van der Waals surface area (Å²) >= 11 is 0. The second-order valence-electron chi connectivity index (χ2n) is 3.00. The van der Waals surface area contributed by atoms with E-state index in [4.69, 9.17) is 5.26 Å². The molecule has 0 aliphatic carbocycles. The minimum Gasteiger partial charge on any atom is -0.198 e. The number of rotatable bonds is 7. The van der Waals surface area contributed by atoms with Gasteiger partial charge in [-0.2, -0.15) is 5.26 Å². The number of hydrogen-bond donors (Lipinski definition) is 0. The summed E-state index contributed by atoms with van der Waals surface area (Å²) in [6.45, 7) is 2.14. The van der Waals surface area contributed by atoms with Gasteiger partial charge in [0.15, 0.2) is 0 Å². The molecule has 0 aromatic rings. The van der Waals surface area contributed by atoms with E-state index in [1.807, 2.05) is 6.08 Å². The first-order valence-corrected chi connectivity index (χ1v) is 5.23. The third kappa shape index (κ3) is 10.7. The Hall–Kier alpha value is -1.29. The van der Waals surface area contributed by atoms with Gasteiger partial charge in [0, 0.05) is 0 Å². The molecule has 0 aromatic carbocycles. The van der Waals surface area contributed by atoms with Crippen LogP contribution in [-0.2, 0) is 0 Å². The predicted molar refractivity (Wildman–Crippen MR) is 61.8 cm³/mol. The Labute approximate surface area is 87.4 Å². The van der Waals surface area contributed by atoms with E-state index in [0.717, 1.165) is 25.7 Å². The van der Waals surface area contributed by atoms with Gasteiger partial charge in [0.05, 0.1) is 12.5 Å². The molecule has 1 nitrogen and oxygen atoms in total. The minimum atomic E-state index is 0.531. The third-order valence-corrected chi connectivity index (χ3v) is 1.72. The van der Waals surface area contributed by atoms with E-state index < -0.39 is 0 Å². The zero-order chi connectivity index (χ0) is 10.5. The lowest BCUT2D eigenvalue weighted by Crippen LogP contribution is -1.66. The van der Waals surface area contributed by atoms with Gasteiger partial charge < -0.3 is 0 Å². The maximum atomic E-state index is 8.27. The van der Waals surface area contributed by atoms with Gasteiger partial charge in [0.2, 0.25) is 0 Å². The first kappa shape index (κ1) is 12.7. The minimum absolute atomic E-state index is 0.531. The largest absolute Gasteiger partial charge is 0.198 e. The Morgan fingerprint density at radius 1 is 0.929 bits per heavy atom. The van der Waals surface area contributed by atoms with E-state index >= 15 is 0 Å². The van der Waals surface area contributed by atoms with Crippen LogP contribution in [0.1, 0.15) is 39.0 Å². The van der Waals surface area contributed by atoms with Crippen LogP contribution in [-0.4, -0.2) is 0 Å². The van der Waals surface area contributed by atoms with Gasteiger partial charge in [-0.25, -0.2) is 0 Å². The van der Waals surface area contributed by atoms with E-state index in [1.165, 1.54) is 0 Å². The summed E-state index contributed by atoms with van der Waals surface area (Å²) in [6.07, 6.45) is 17.5. The molecule has 0 saturated heterocycles. The first-order chi connectivity index (χ1) is 6.91. The highest BCUT2D eigenvalue weighted by atomic mass is 14.2. The monoisotopic (exact) mass is 189 g/mol. The van der Waals surface area contributed by atoms with Gasteiger partial charge >= 0.3 is 0 Å². The smallest absolute Gasteiger partial charge is 0.0663 e. The average Bonchev–Trinajstić information content (AvgIpc) is 2.21.